The molecule has 2 rings (SSSR count). The molecule has 1 aliphatic heterocycles. The van der Waals surface area contributed by atoms with E-state index in [0.717, 1.165) is 55.9 Å². The van der Waals surface area contributed by atoms with Crippen LogP contribution >= 0.6 is 11.6 Å². The van der Waals surface area contributed by atoms with Gasteiger partial charge < -0.3 is 15.4 Å². The maximum absolute atomic E-state index is 6.04. The van der Waals surface area contributed by atoms with Crippen molar-refractivity contribution in [2.75, 3.05) is 26.2 Å². The number of piperidine rings is 1. The molecule has 0 radical (unpaired) electrons. The molecule has 4 heteroatoms. The second kappa shape index (κ2) is 8.50. The van der Waals surface area contributed by atoms with Gasteiger partial charge in [-0.1, -0.05) is 24.6 Å². The Balaban J connectivity index is 1.84. The lowest BCUT2D eigenvalue weighted by molar-refractivity contribution is 0.311. The van der Waals surface area contributed by atoms with E-state index in [9.17, 15) is 0 Å². The Bertz CT molecular complexity index is 405. The number of nitrogens with one attached hydrogen (secondary N) is 2. The monoisotopic (exact) mass is 296 g/mol. The molecule has 2 N–H and O–H groups in total. The summed E-state index contributed by atoms with van der Waals surface area (Å²) in [5.41, 5.74) is 1.19. The van der Waals surface area contributed by atoms with Gasteiger partial charge in [-0.05, 0) is 56.9 Å². The van der Waals surface area contributed by atoms with Gasteiger partial charge in [0, 0.05) is 17.1 Å². The fourth-order valence-corrected chi connectivity index (χ4v) is 2.68. The average Bonchev–Trinajstić information content (AvgIpc) is 2.48. The summed E-state index contributed by atoms with van der Waals surface area (Å²) in [4.78, 5) is 0. The zero-order valence-electron chi connectivity index (χ0n) is 12.3. The van der Waals surface area contributed by atoms with Crippen molar-refractivity contribution < 1.29 is 4.74 Å². The van der Waals surface area contributed by atoms with Crippen molar-refractivity contribution in [3.63, 3.8) is 0 Å². The first-order chi connectivity index (χ1) is 9.79. The second-order valence-electron chi connectivity index (χ2n) is 5.42. The molecule has 1 heterocycles. The quantitative estimate of drug-likeness (QED) is 0.810. The summed E-state index contributed by atoms with van der Waals surface area (Å²) in [6.07, 6.45) is 3.55. The Hall–Kier alpha value is -0.770. The predicted molar refractivity (Wildman–Crippen MR) is 84.5 cm³/mol. The number of hydrogen-bond acceptors (Lipinski definition) is 3. The topological polar surface area (TPSA) is 33.3 Å². The molecule has 0 atom stereocenters. The molecule has 0 spiro atoms. The maximum Gasteiger partial charge on any atom is 0.125 e. The minimum atomic E-state index is 0.734. The Morgan fingerprint density at radius 2 is 2.15 bits per heavy atom. The minimum absolute atomic E-state index is 0.734. The number of halogens is 1. The van der Waals surface area contributed by atoms with E-state index in [1.165, 1.54) is 18.4 Å². The molecule has 0 unspecified atom stereocenters. The summed E-state index contributed by atoms with van der Waals surface area (Å²) in [5.74, 6) is 1.71. The molecule has 1 saturated heterocycles. The van der Waals surface area contributed by atoms with Crippen LogP contribution in [0, 0.1) is 5.92 Å². The van der Waals surface area contributed by atoms with E-state index >= 15 is 0 Å². The third-order valence-electron chi connectivity index (χ3n) is 3.70. The van der Waals surface area contributed by atoms with Crippen LogP contribution in [0.2, 0.25) is 5.02 Å². The molecule has 1 aliphatic rings. The van der Waals surface area contributed by atoms with Crippen LogP contribution in [-0.2, 0) is 6.54 Å². The molecular weight excluding hydrogens is 272 g/mol. The van der Waals surface area contributed by atoms with E-state index in [0.29, 0.717) is 0 Å². The first-order valence-corrected chi connectivity index (χ1v) is 8.00. The van der Waals surface area contributed by atoms with Gasteiger partial charge in [-0.25, -0.2) is 0 Å². The molecule has 20 heavy (non-hydrogen) atoms. The van der Waals surface area contributed by atoms with Crippen LogP contribution < -0.4 is 15.4 Å². The fraction of sp³-hybridized carbons (Fsp3) is 0.625. The third-order valence-corrected chi connectivity index (χ3v) is 3.93. The zero-order valence-corrected chi connectivity index (χ0v) is 13.0. The number of rotatable bonds is 7. The lowest BCUT2D eigenvalue weighted by Crippen LogP contribution is -2.33. The van der Waals surface area contributed by atoms with E-state index in [1.54, 1.807) is 0 Å². The molecule has 0 amide bonds. The molecule has 1 aromatic rings. The van der Waals surface area contributed by atoms with Crippen molar-refractivity contribution in [3.05, 3.63) is 28.8 Å². The molecule has 0 aliphatic carbocycles. The molecular formula is C16H25ClN2O. The van der Waals surface area contributed by atoms with E-state index in [1.807, 2.05) is 12.1 Å². The Labute approximate surface area is 127 Å². The van der Waals surface area contributed by atoms with Crippen LogP contribution in [0.4, 0.5) is 0 Å². The lowest BCUT2D eigenvalue weighted by atomic mass is 9.98. The summed E-state index contributed by atoms with van der Waals surface area (Å²) in [7, 11) is 0. The van der Waals surface area contributed by atoms with Crippen molar-refractivity contribution in [3.8, 4) is 5.75 Å². The van der Waals surface area contributed by atoms with Crippen molar-refractivity contribution in [1.82, 2.24) is 10.6 Å². The van der Waals surface area contributed by atoms with Crippen molar-refractivity contribution in [2.45, 2.75) is 32.7 Å². The zero-order chi connectivity index (χ0) is 14.2. The number of hydrogen-bond donors (Lipinski definition) is 2. The highest BCUT2D eigenvalue weighted by molar-refractivity contribution is 6.30. The van der Waals surface area contributed by atoms with E-state index in [-0.39, 0.29) is 0 Å². The highest BCUT2D eigenvalue weighted by atomic mass is 35.5. The van der Waals surface area contributed by atoms with Gasteiger partial charge >= 0.3 is 0 Å². The van der Waals surface area contributed by atoms with Crippen LogP contribution in [0.1, 0.15) is 31.7 Å². The van der Waals surface area contributed by atoms with Gasteiger partial charge in [0.05, 0.1) is 6.61 Å². The van der Waals surface area contributed by atoms with Gasteiger partial charge in [0.25, 0.3) is 0 Å². The number of ether oxygens (including phenoxy) is 1. The molecule has 0 aromatic heterocycles. The van der Waals surface area contributed by atoms with E-state index < -0.39 is 0 Å². The summed E-state index contributed by atoms with van der Waals surface area (Å²) >= 11 is 6.04. The van der Waals surface area contributed by atoms with E-state index in [2.05, 4.69) is 23.6 Å². The van der Waals surface area contributed by atoms with Gasteiger partial charge in [-0.2, -0.15) is 0 Å². The predicted octanol–water partition coefficient (Wildman–Crippen LogP) is 3.22. The van der Waals surface area contributed by atoms with Gasteiger partial charge in [-0.15, -0.1) is 0 Å². The molecule has 112 valence electrons. The fourth-order valence-electron chi connectivity index (χ4n) is 2.52. The summed E-state index contributed by atoms with van der Waals surface area (Å²) < 4.78 is 5.78. The average molecular weight is 297 g/mol. The Morgan fingerprint density at radius 3 is 2.90 bits per heavy atom. The highest BCUT2D eigenvalue weighted by Crippen LogP contribution is 2.23. The summed E-state index contributed by atoms with van der Waals surface area (Å²) in [6.45, 7) is 7.08. The second-order valence-corrected chi connectivity index (χ2v) is 5.86. The van der Waals surface area contributed by atoms with Crippen molar-refractivity contribution in [1.29, 1.82) is 0 Å². The summed E-state index contributed by atoms with van der Waals surface area (Å²) in [6, 6.07) is 5.91. The van der Waals surface area contributed by atoms with Crippen LogP contribution in [-0.4, -0.2) is 26.2 Å². The van der Waals surface area contributed by atoms with Gasteiger partial charge in [0.1, 0.15) is 5.75 Å². The molecule has 0 saturated carbocycles. The Morgan fingerprint density at radius 1 is 1.35 bits per heavy atom. The van der Waals surface area contributed by atoms with Gasteiger partial charge in [0.15, 0.2) is 0 Å². The van der Waals surface area contributed by atoms with Crippen LogP contribution in [0.5, 0.6) is 5.75 Å². The molecule has 1 aromatic carbocycles. The van der Waals surface area contributed by atoms with Crippen molar-refractivity contribution >= 4 is 11.6 Å². The molecule has 1 fully saturated rings. The smallest absolute Gasteiger partial charge is 0.125 e. The van der Waals surface area contributed by atoms with Gasteiger partial charge in [0.2, 0.25) is 0 Å². The summed E-state index contributed by atoms with van der Waals surface area (Å²) in [5, 5.41) is 7.69. The largest absolute Gasteiger partial charge is 0.493 e. The van der Waals surface area contributed by atoms with Crippen LogP contribution in [0.25, 0.3) is 0 Å². The van der Waals surface area contributed by atoms with Crippen LogP contribution in [0.15, 0.2) is 18.2 Å². The first-order valence-electron chi connectivity index (χ1n) is 7.62. The Kier molecular flexibility index (Phi) is 6.64. The number of benzene rings is 1. The third kappa shape index (κ3) is 4.97. The maximum atomic E-state index is 6.04. The van der Waals surface area contributed by atoms with E-state index in [4.69, 9.17) is 16.3 Å². The SMILES string of the molecule is CCCOc1cc(Cl)ccc1CNCC1CCNCC1. The highest BCUT2D eigenvalue weighted by Gasteiger charge is 2.12. The van der Waals surface area contributed by atoms with Crippen LogP contribution in [0.3, 0.4) is 0 Å². The first kappa shape index (κ1) is 15.6. The molecule has 0 bridgehead atoms. The minimum Gasteiger partial charge on any atom is -0.493 e. The molecule has 3 nitrogen and oxygen atoms in total. The normalized spacial score (nSPS) is 16.3. The van der Waals surface area contributed by atoms with Crippen molar-refractivity contribution in [2.24, 2.45) is 5.92 Å². The standard InChI is InChI=1S/C16H25ClN2O/c1-2-9-20-16-10-15(17)4-3-14(16)12-19-11-13-5-7-18-8-6-13/h3-4,10,13,18-19H,2,5-9,11-12H2,1H3. The van der Waals surface area contributed by atoms with Gasteiger partial charge in [-0.3, -0.25) is 0 Å². The lowest BCUT2D eigenvalue weighted by Gasteiger charge is -2.23.